The number of rotatable bonds is 16. The number of unbranched alkanes of at least 4 members (excludes halogenated alkanes) is 8. The SMILES string of the molecule is CCCCC[N+](CCCCC)(CCCCC)CCCCC.N#CN. The maximum atomic E-state index is 7.10. The van der Waals surface area contributed by atoms with Gasteiger partial charge in [0.15, 0.2) is 6.19 Å². The van der Waals surface area contributed by atoms with Gasteiger partial charge in [-0.25, -0.2) is 0 Å². The van der Waals surface area contributed by atoms with E-state index in [0.29, 0.717) is 0 Å². The monoisotopic (exact) mass is 340 g/mol. The highest BCUT2D eigenvalue weighted by Crippen LogP contribution is 2.18. The first kappa shape index (κ1) is 25.5. The highest BCUT2D eigenvalue weighted by atomic mass is 15.3. The van der Waals surface area contributed by atoms with E-state index < -0.39 is 0 Å². The first-order chi connectivity index (χ1) is 11.7. The minimum atomic E-state index is 1.25. The molecule has 144 valence electrons. The molecule has 0 unspecified atom stereocenters. The number of nitriles is 1. The highest BCUT2D eigenvalue weighted by molar-refractivity contribution is 4.52. The zero-order valence-electron chi connectivity index (χ0n) is 17.3. The topological polar surface area (TPSA) is 49.8 Å². The second-order valence-electron chi connectivity index (χ2n) is 7.19. The Balaban J connectivity index is 0. The predicted octanol–water partition coefficient (Wildman–Crippen LogP) is 5.99. The summed E-state index contributed by atoms with van der Waals surface area (Å²) in [5.41, 5.74) is 4.15. The van der Waals surface area contributed by atoms with Crippen molar-refractivity contribution in [3.8, 4) is 6.19 Å². The van der Waals surface area contributed by atoms with E-state index in [1.807, 2.05) is 0 Å². The molecule has 0 aromatic rings. The van der Waals surface area contributed by atoms with Crippen LogP contribution in [-0.2, 0) is 0 Å². The van der Waals surface area contributed by atoms with Crippen LogP contribution >= 0.6 is 0 Å². The van der Waals surface area contributed by atoms with Gasteiger partial charge in [-0.15, -0.1) is 0 Å². The third kappa shape index (κ3) is 16.1. The Labute approximate surface area is 153 Å². The lowest BCUT2D eigenvalue weighted by molar-refractivity contribution is -0.929. The number of hydrogen-bond donors (Lipinski definition) is 1. The fraction of sp³-hybridized carbons (Fsp3) is 0.952. The van der Waals surface area contributed by atoms with Crippen molar-refractivity contribution < 1.29 is 4.48 Å². The molecule has 0 atom stereocenters. The molecule has 0 saturated carbocycles. The van der Waals surface area contributed by atoms with E-state index in [2.05, 4.69) is 33.4 Å². The molecule has 0 saturated heterocycles. The van der Waals surface area contributed by atoms with Crippen LogP contribution in [0.4, 0.5) is 0 Å². The minimum Gasteiger partial charge on any atom is -0.337 e. The molecule has 0 amide bonds. The maximum Gasteiger partial charge on any atom is 0.173 e. The van der Waals surface area contributed by atoms with Crippen LogP contribution in [0.15, 0.2) is 0 Å². The molecule has 0 heterocycles. The number of nitrogens with zero attached hydrogens (tertiary/aromatic N) is 2. The van der Waals surface area contributed by atoms with Gasteiger partial charge in [0.1, 0.15) is 0 Å². The quantitative estimate of drug-likeness (QED) is 0.162. The van der Waals surface area contributed by atoms with Crippen LogP contribution in [0.25, 0.3) is 0 Å². The van der Waals surface area contributed by atoms with Gasteiger partial charge in [-0.2, -0.15) is 5.26 Å². The van der Waals surface area contributed by atoms with Crippen LogP contribution < -0.4 is 5.73 Å². The van der Waals surface area contributed by atoms with Crippen LogP contribution in [0.1, 0.15) is 105 Å². The molecule has 24 heavy (non-hydrogen) atoms. The molecular formula is C21H46N3+. The molecule has 0 aromatic carbocycles. The van der Waals surface area contributed by atoms with Crippen LogP contribution in [0.3, 0.4) is 0 Å². The Kier molecular flexibility index (Phi) is 21.6. The van der Waals surface area contributed by atoms with Crippen LogP contribution in [0, 0.1) is 11.5 Å². The van der Waals surface area contributed by atoms with Crippen molar-refractivity contribution in [1.29, 1.82) is 5.26 Å². The van der Waals surface area contributed by atoms with Crippen LogP contribution in [-0.4, -0.2) is 30.7 Å². The van der Waals surface area contributed by atoms with E-state index in [-0.39, 0.29) is 0 Å². The van der Waals surface area contributed by atoms with Crippen molar-refractivity contribution in [3.63, 3.8) is 0 Å². The van der Waals surface area contributed by atoms with Gasteiger partial charge in [-0.05, 0) is 51.4 Å². The normalized spacial score (nSPS) is 10.8. The molecule has 0 fully saturated rings. The first-order valence-corrected chi connectivity index (χ1v) is 10.6. The largest absolute Gasteiger partial charge is 0.337 e. The van der Waals surface area contributed by atoms with Crippen molar-refractivity contribution in [2.24, 2.45) is 5.73 Å². The first-order valence-electron chi connectivity index (χ1n) is 10.6. The Morgan fingerprint density at radius 1 is 0.583 bits per heavy atom. The summed E-state index contributed by atoms with van der Waals surface area (Å²) in [6, 6.07) is 0. The number of nitrogens with two attached hydrogens (primary N) is 1. The second kappa shape index (κ2) is 20.3. The number of hydrogen-bond acceptors (Lipinski definition) is 2. The second-order valence-corrected chi connectivity index (χ2v) is 7.19. The molecular weight excluding hydrogens is 294 g/mol. The molecule has 0 aliphatic rings. The van der Waals surface area contributed by atoms with Gasteiger partial charge in [0.05, 0.1) is 26.2 Å². The van der Waals surface area contributed by atoms with Crippen molar-refractivity contribution in [2.45, 2.75) is 105 Å². The summed E-state index contributed by atoms with van der Waals surface area (Å²) >= 11 is 0. The molecule has 0 bridgehead atoms. The van der Waals surface area contributed by atoms with Gasteiger partial charge in [-0.1, -0.05) is 53.4 Å². The fourth-order valence-corrected chi connectivity index (χ4v) is 3.46. The van der Waals surface area contributed by atoms with Crippen molar-refractivity contribution in [2.75, 3.05) is 26.2 Å². The smallest absolute Gasteiger partial charge is 0.173 e. The van der Waals surface area contributed by atoms with E-state index in [0.717, 1.165) is 0 Å². The Hall–Kier alpha value is -0.750. The van der Waals surface area contributed by atoms with Crippen molar-refractivity contribution in [3.05, 3.63) is 0 Å². The molecule has 3 nitrogen and oxygen atoms in total. The predicted molar refractivity (Wildman–Crippen MR) is 108 cm³/mol. The summed E-state index contributed by atoms with van der Waals surface area (Å²) < 4.78 is 1.44. The van der Waals surface area contributed by atoms with Crippen LogP contribution in [0.2, 0.25) is 0 Å². The molecule has 0 rings (SSSR count). The molecule has 0 aliphatic heterocycles. The Bertz CT molecular complexity index is 225. The van der Waals surface area contributed by atoms with E-state index in [1.165, 1.54) is 114 Å². The third-order valence-corrected chi connectivity index (χ3v) is 4.94. The standard InChI is InChI=1S/C20H44N.CH2N2/c1-5-9-13-17-21(18-14-10-6-2,19-15-11-7-3)20-16-12-8-4;2-1-3/h5-20H2,1-4H3;2H2/q+1;. The molecule has 3 heteroatoms. The molecule has 0 aromatic heterocycles. The average Bonchev–Trinajstić information content (AvgIpc) is 2.56. The van der Waals surface area contributed by atoms with Gasteiger partial charge >= 0.3 is 0 Å². The summed E-state index contributed by atoms with van der Waals surface area (Å²) in [6.45, 7) is 15.1. The summed E-state index contributed by atoms with van der Waals surface area (Å²) in [5.74, 6) is 0. The van der Waals surface area contributed by atoms with E-state index in [1.54, 1.807) is 0 Å². The van der Waals surface area contributed by atoms with E-state index in [4.69, 9.17) is 5.26 Å². The average molecular weight is 341 g/mol. The Morgan fingerprint density at radius 2 is 0.792 bits per heavy atom. The lowest BCUT2D eigenvalue weighted by Gasteiger charge is -2.39. The van der Waals surface area contributed by atoms with E-state index in [9.17, 15) is 0 Å². The minimum absolute atomic E-state index is 1.25. The van der Waals surface area contributed by atoms with Gasteiger partial charge in [-0.3, -0.25) is 0 Å². The maximum absolute atomic E-state index is 7.10. The summed E-state index contributed by atoms with van der Waals surface area (Å²) in [6.07, 6.45) is 18.2. The van der Waals surface area contributed by atoms with E-state index >= 15 is 0 Å². The van der Waals surface area contributed by atoms with Crippen molar-refractivity contribution in [1.82, 2.24) is 0 Å². The molecule has 0 spiro atoms. The van der Waals surface area contributed by atoms with Crippen molar-refractivity contribution >= 4 is 0 Å². The number of quaternary nitrogens is 1. The lowest BCUT2D eigenvalue weighted by atomic mass is 10.1. The zero-order valence-corrected chi connectivity index (χ0v) is 17.3. The Morgan fingerprint density at radius 3 is 0.958 bits per heavy atom. The highest BCUT2D eigenvalue weighted by Gasteiger charge is 2.25. The zero-order chi connectivity index (χ0) is 18.5. The molecule has 0 aliphatic carbocycles. The molecule has 0 radical (unpaired) electrons. The summed E-state index contributed by atoms with van der Waals surface area (Å²) in [7, 11) is 0. The summed E-state index contributed by atoms with van der Waals surface area (Å²) in [4.78, 5) is 0. The van der Waals surface area contributed by atoms with Gasteiger partial charge in [0.25, 0.3) is 0 Å². The lowest BCUT2D eigenvalue weighted by Crippen LogP contribution is -2.50. The summed E-state index contributed by atoms with van der Waals surface area (Å²) in [5, 5.41) is 7.10. The van der Waals surface area contributed by atoms with Crippen LogP contribution in [0.5, 0.6) is 0 Å². The van der Waals surface area contributed by atoms with Gasteiger partial charge < -0.3 is 10.2 Å². The fourth-order valence-electron chi connectivity index (χ4n) is 3.46. The van der Waals surface area contributed by atoms with Gasteiger partial charge in [0, 0.05) is 0 Å². The third-order valence-electron chi connectivity index (χ3n) is 4.94. The molecule has 2 N–H and O–H groups in total. The van der Waals surface area contributed by atoms with Gasteiger partial charge in [0.2, 0.25) is 0 Å².